The van der Waals surface area contributed by atoms with E-state index in [1.165, 1.54) is 24.3 Å². The van der Waals surface area contributed by atoms with Crippen molar-refractivity contribution in [3.63, 3.8) is 0 Å². The molecule has 0 heterocycles. The molecule has 0 unspecified atom stereocenters. The lowest BCUT2D eigenvalue weighted by Crippen LogP contribution is -2.29. The number of hydrogen-bond acceptors (Lipinski definition) is 5. The highest BCUT2D eigenvalue weighted by molar-refractivity contribution is 7.89. The summed E-state index contributed by atoms with van der Waals surface area (Å²) in [6.07, 6.45) is 0.893. The fourth-order valence-electron chi connectivity index (χ4n) is 1.96. The van der Waals surface area contributed by atoms with Crippen molar-refractivity contribution in [3.05, 3.63) is 65.7 Å². The molecule has 2 aromatic carbocycles. The molecule has 0 aliphatic rings. The summed E-state index contributed by atoms with van der Waals surface area (Å²) >= 11 is 0. The molecule has 7 nitrogen and oxygen atoms in total. The second kappa shape index (κ2) is 7.24. The van der Waals surface area contributed by atoms with Gasteiger partial charge in [-0.3, -0.25) is 9.59 Å². The lowest BCUT2D eigenvalue weighted by molar-refractivity contribution is -0.117. The van der Waals surface area contributed by atoms with E-state index >= 15 is 0 Å². The Morgan fingerprint density at radius 3 is 2.12 bits per heavy atom. The summed E-state index contributed by atoms with van der Waals surface area (Å²) in [7, 11) is -3.63. The highest BCUT2D eigenvalue weighted by Gasteiger charge is 2.16. The zero-order valence-corrected chi connectivity index (χ0v) is 13.7. The number of nitrogens with one attached hydrogen (secondary N) is 2. The van der Waals surface area contributed by atoms with Crippen molar-refractivity contribution >= 4 is 27.5 Å². The molecule has 0 saturated heterocycles. The Labute approximate surface area is 139 Å². The number of benzene rings is 2. The van der Waals surface area contributed by atoms with Crippen LogP contribution in [0, 0.1) is 0 Å². The Bertz CT molecular complexity index is 833. The Hall–Kier alpha value is -2.71. The van der Waals surface area contributed by atoms with Crippen molar-refractivity contribution in [2.45, 2.75) is 6.04 Å². The van der Waals surface area contributed by atoms with Gasteiger partial charge in [-0.1, -0.05) is 30.3 Å². The van der Waals surface area contributed by atoms with Gasteiger partial charge in [0.05, 0.1) is 6.26 Å². The molecule has 2 aromatic rings. The summed E-state index contributed by atoms with van der Waals surface area (Å²) < 4.78 is 23.9. The summed E-state index contributed by atoms with van der Waals surface area (Å²) in [6, 6.07) is 13.9. The van der Waals surface area contributed by atoms with Gasteiger partial charge in [-0.25, -0.2) is 13.1 Å². The van der Waals surface area contributed by atoms with Crippen molar-refractivity contribution < 1.29 is 18.0 Å². The average molecular weight is 347 g/mol. The maximum absolute atomic E-state index is 12.1. The summed E-state index contributed by atoms with van der Waals surface area (Å²) in [6.45, 7) is 0. The molecule has 24 heavy (non-hydrogen) atoms. The standard InChI is InChI=1S/C16H17N3O4S/c1-24(22,23)19-15(20)12-7-9-13(10-8-12)18-16(21)14(17)11-5-3-2-4-6-11/h2-10,14H,17H2,1H3,(H,18,21)(H,19,20)/t14-/m0/s1. The van der Waals surface area contributed by atoms with Crippen molar-refractivity contribution in [2.75, 3.05) is 11.6 Å². The zero-order valence-electron chi connectivity index (χ0n) is 12.9. The average Bonchev–Trinajstić information content (AvgIpc) is 2.54. The van der Waals surface area contributed by atoms with Crippen molar-refractivity contribution in [1.29, 1.82) is 0 Å². The van der Waals surface area contributed by atoms with Gasteiger partial charge < -0.3 is 11.1 Å². The number of rotatable bonds is 5. The molecule has 0 radical (unpaired) electrons. The minimum absolute atomic E-state index is 0.158. The van der Waals surface area contributed by atoms with E-state index in [2.05, 4.69) is 5.32 Å². The molecular formula is C16H17N3O4S. The van der Waals surface area contributed by atoms with Crippen LogP contribution in [0.15, 0.2) is 54.6 Å². The smallest absolute Gasteiger partial charge is 0.264 e. The van der Waals surface area contributed by atoms with Crippen LogP contribution in [0.2, 0.25) is 0 Å². The van der Waals surface area contributed by atoms with Crippen LogP contribution in [-0.2, 0) is 14.8 Å². The molecule has 2 amide bonds. The maximum Gasteiger partial charge on any atom is 0.264 e. The van der Waals surface area contributed by atoms with Gasteiger partial charge in [0.2, 0.25) is 15.9 Å². The predicted molar refractivity (Wildman–Crippen MR) is 90.8 cm³/mol. The van der Waals surface area contributed by atoms with Crippen LogP contribution in [0.1, 0.15) is 22.0 Å². The third-order valence-corrected chi connectivity index (χ3v) is 3.69. The zero-order chi connectivity index (χ0) is 17.7. The number of nitrogens with two attached hydrogens (primary N) is 1. The van der Waals surface area contributed by atoms with E-state index in [-0.39, 0.29) is 5.56 Å². The molecule has 126 valence electrons. The Balaban J connectivity index is 2.04. The largest absolute Gasteiger partial charge is 0.324 e. The number of anilines is 1. The van der Waals surface area contributed by atoms with E-state index in [4.69, 9.17) is 5.73 Å². The normalized spacial score (nSPS) is 12.2. The van der Waals surface area contributed by atoms with Gasteiger partial charge in [-0.2, -0.15) is 0 Å². The molecular weight excluding hydrogens is 330 g/mol. The highest BCUT2D eigenvalue weighted by Crippen LogP contribution is 2.14. The van der Waals surface area contributed by atoms with Gasteiger partial charge in [0.1, 0.15) is 6.04 Å². The van der Waals surface area contributed by atoms with Crippen LogP contribution in [-0.4, -0.2) is 26.5 Å². The molecule has 0 bridgehead atoms. The fourth-order valence-corrected chi connectivity index (χ4v) is 2.42. The van der Waals surface area contributed by atoms with Crippen molar-refractivity contribution in [1.82, 2.24) is 4.72 Å². The van der Waals surface area contributed by atoms with Gasteiger partial charge in [0.25, 0.3) is 5.91 Å². The molecule has 0 fully saturated rings. The first-order chi connectivity index (χ1) is 11.3. The minimum Gasteiger partial charge on any atom is -0.324 e. The first-order valence-electron chi connectivity index (χ1n) is 7.00. The van der Waals surface area contributed by atoms with Crippen LogP contribution < -0.4 is 15.8 Å². The molecule has 0 saturated carbocycles. The molecule has 4 N–H and O–H groups in total. The van der Waals surface area contributed by atoms with E-state index in [1.54, 1.807) is 24.3 Å². The summed E-state index contributed by atoms with van der Waals surface area (Å²) in [5.74, 6) is -1.13. The highest BCUT2D eigenvalue weighted by atomic mass is 32.2. The molecule has 0 spiro atoms. The SMILES string of the molecule is CS(=O)(=O)NC(=O)c1ccc(NC(=O)[C@@H](N)c2ccccc2)cc1. The second-order valence-corrected chi connectivity index (χ2v) is 6.91. The second-order valence-electron chi connectivity index (χ2n) is 5.16. The fraction of sp³-hybridized carbons (Fsp3) is 0.125. The van der Waals surface area contributed by atoms with Gasteiger partial charge >= 0.3 is 0 Å². The lowest BCUT2D eigenvalue weighted by Gasteiger charge is -2.12. The maximum atomic E-state index is 12.1. The topological polar surface area (TPSA) is 118 Å². The predicted octanol–water partition coefficient (Wildman–Crippen LogP) is 1.01. The number of carbonyl (C=O) groups excluding carboxylic acids is 2. The van der Waals surface area contributed by atoms with Gasteiger partial charge in [0, 0.05) is 11.3 Å². The van der Waals surface area contributed by atoms with Crippen LogP contribution in [0.4, 0.5) is 5.69 Å². The van der Waals surface area contributed by atoms with E-state index in [1.807, 2.05) is 10.8 Å². The Morgan fingerprint density at radius 2 is 1.58 bits per heavy atom. The summed E-state index contributed by atoms with van der Waals surface area (Å²) in [5.41, 5.74) is 7.18. The number of carbonyl (C=O) groups is 2. The Kier molecular flexibility index (Phi) is 5.32. The van der Waals surface area contributed by atoms with Crippen molar-refractivity contribution in [3.8, 4) is 0 Å². The first kappa shape index (κ1) is 17.6. The molecule has 2 rings (SSSR count). The molecule has 8 heteroatoms. The van der Waals surface area contributed by atoms with E-state index in [9.17, 15) is 18.0 Å². The third kappa shape index (κ3) is 4.90. The lowest BCUT2D eigenvalue weighted by atomic mass is 10.1. The minimum atomic E-state index is -3.63. The van der Waals surface area contributed by atoms with Crippen molar-refractivity contribution in [2.24, 2.45) is 5.73 Å². The van der Waals surface area contributed by atoms with Gasteiger partial charge in [-0.05, 0) is 29.8 Å². The Morgan fingerprint density at radius 1 is 1.00 bits per heavy atom. The number of sulfonamides is 1. The van der Waals surface area contributed by atoms with Gasteiger partial charge in [0.15, 0.2) is 0 Å². The summed E-state index contributed by atoms with van der Waals surface area (Å²) in [5, 5.41) is 2.64. The number of hydrogen-bond donors (Lipinski definition) is 3. The van der Waals surface area contributed by atoms with Crippen LogP contribution in [0.3, 0.4) is 0 Å². The van der Waals surface area contributed by atoms with Crippen LogP contribution in [0.5, 0.6) is 0 Å². The first-order valence-corrected chi connectivity index (χ1v) is 8.89. The van der Waals surface area contributed by atoms with E-state index in [0.717, 1.165) is 6.26 Å². The molecule has 1 atom stereocenters. The summed E-state index contributed by atoms with van der Waals surface area (Å²) in [4.78, 5) is 23.8. The van der Waals surface area contributed by atoms with Crippen LogP contribution in [0.25, 0.3) is 0 Å². The quantitative estimate of drug-likeness (QED) is 0.746. The molecule has 0 aliphatic heterocycles. The number of amides is 2. The van der Waals surface area contributed by atoms with E-state index < -0.39 is 27.9 Å². The van der Waals surface area contributed by atoms with Gasteiger partial charge in [-0.15, -0.1) is 0 Å². The molecule has 0 aromatic heterocycles. The van der Waals surface area contributed by atoms with E-state index in [0.29, 0.717) is 11.3 Å². The molecule has 0 aliphatic carbocycles. The third-order valence-electron chi connectivity index (χ3n) is 3.13. The van der Waals surface area contributed by atoms with Crippen LogP contribution >= 0.6 is 0 Å². The monoisotopic (exact) mass is 347 g/mol.